The lowest BCUT2D eigenvalue weighted by Gasteiger charge is -2.06. The van der Waals surface area contributed by atoms with Crippen LogP contribution in [-0.4, -0.2) is 35.6 Å². The number of rotatable bonds is 3. The third-order valence-electron chi connectivity index (χ3n) is 5.36. The highest BCUT2D eigenvalue weighted by Crippen LogP contribution is 2.27. The zero-order valence-electron chi connectivity index (χ0n) is 16.9. The Morgan fingerprint density at radius 2 is 1.73 bits per heavy atom. The monoisotopic (exact) mass is 413 g/mol. The fraction of sp³-hybridized carbons (Fsp3) is 0.429. The van der Waals surface area contributed by atoms with Gasteiger partial charge in [0, 0.05) is 23.5 Å². The highest BCUT2D eigenvalue weighted by molar-refractivity contribution is 5.85. The first-order valence-electron chi connectivity index (χ1n) is 10.2. The highest BCUT2D eigenvalue weighted by Gasteiger charge is 2.15. The smallest absolute Gasteiger partial charge is 0.256 e. The third-order valence-corrected chi connectivity index (χ3v) is 5.36. The van der Waals surface area contributed by atoms with Crippen LogP contribution < -0.4 is 5.73 Å². The second-order valence-electron chi connectivity index (χ2n) is 7.52. The summed E-state index contributed by atoms with van der Waals surface area (Å²) in [5.74, 6) is 0.677. The minimum absolute atomic E-state index is 0.170. The van der Waals surface area contributed by atoms with Crippen molar-refractivity contribution in [2.75, 3.05) is 5.73 Å². The molecule has 1 aliphatic rings. The molecule has 0 aliphatic heterocycles. The number of nitrogens with zero attached hydrogens (tertiary/aromatic N) is 6. The molecule has 5 rings (SSSR count). The molecule has 0 spiro atoms. The van der Waals surface area contributed by atoms with E-state index in [0.29, 0.717) is 17.0 Å². The van der Waals surface area contributed by atoms with Crippen molar-refractivity contribution in [1.82, 2.24) is 29.1 Å². The van der Waals surface area contributed by atoms with E-state index in [-0.39, 0.29) is 5.95 Å². The molecule has 30 heavy (non-hydrogen) atoms. The summed E-state index contributed by atoms with van der Waals surface area (Å²) >= 11 is 0. The summed E-state index contributed by atoms with van der Waals surface area (Å²) < 4.78 is 28.7. The van der Waals surface area contributed by atoms with E-state index in [9.17, 15) is 8.78 Å². The predicted molar refractivity (Wildman–Crippen MR) is 112 cm³/mol. The number of aryl methyl sites for hydroxylation is 1. The largest absolute Gasteiger partial charge is 0.367 e. The maximum atomic E-state index is 12.8. The van der Waals surface area contributed by atoms with Crippen LogP contribution in [0.25, 0.3) is 27.8 Å². The van der Waals surface area contributed by atoms with Gasteiger partial charge in [-0.25, -0.2) is 28.2 Å². The van der Waals surface area contributed by atoms with Gasteiger partial charge in [0.15, 0.2) is 5.65 Å². The molecule has 158 valence electrons. The lowest BCUT2D eigenvalue weighted by Crippen LogP contribution is -2.08. The molecule has 0 saturated heterocycles. The molecule has 1 saturated carbocycles. The highest BCUT2D eigenvalue weighted by atomic mass is 19.3. The molecular weight excluding hydrogens is 388 g/mol. The van der Waals surface area contributed by atoms with Crippen molar-refractivity contribution in [3.8, 4) is 11.1 Å². The molecule has 0 unspecified atom stereocenters. The average molecular weight is 413 g/mol. The molecule has 1 aliphatic carbocycles. The Bertz CT molecular complexity index is 1130. The van der Waals surface area contributed by atoms with Crippen LogP contribution in [0.15, 0.2) is 30.7 Å². The molecule has 4 heterocycles. The van der Waals surface area contributed by atoms with E-state index in [1.165, 1.54) is 43.1 Å². The fourth-order valence-corrected chi connectivity index (χ4v) is 3.85. The minimum atomic E-state index is -2.46. The lowest BCUT2D eigenvalue weighted by molar-refractivity contribution is 0.127. The van der Waals surface area contributed by atoms with Crippen LogP contribution in [0.1, 0.15) is 44.3 Å². The van der Waals surface area contributed by atoms with Crippen LogP contribution in [-0.2, 0) is 6.54 Å². The molecular formula is C21H25F2N7. The molecule has 9 heteroatoms. The van der Waals surface area contributed by atoms with Crippen molar-refractivity contribution in [1.29, 1.82) is 0 Å². The van der Waals surface area contributed by atoms with E-state index >= 15 is 0 Å². The van der Waals surface area contributed by atoms with Crippen molar-refractivity contribution in [2.45, 2.75) is 58.4 Å². The number of halogens is 2. The Morgan fingerprint density at radius 3 is 2.40 bits per heavy atom. The summed E-state index contributed by atoms with van der Waals surface area (Å²) in [5, 5.41) is 4.09. The molecule has 0 bridgehead atoms. The molecule has 7 nitrogen and oxygen atoms in total. The van der Waals surface area contributed by atoms with Gasteiger partial charge in [0.2, 0.25) is 5.95 Å². The van der Waals surface area contributed by atoms with E-state index in [1.54, 1.807) is 36.1 Å². The molecule has 4 aromatic heterocycles. The SMILES string of the molecule is C1CCCCC1.Cc1nc2ncc(-c3ccn4nc(N)ncc34)cc2n1CC(F)F. The lowest BCUT2D eigenvalue weighted by atomic mass is 10.0. The van der Waals surface area contributed by atoms with Gasteiger partial charge in [-0.2, -0.15) is 0 Å². The number of hydrogen-bond acceptors (Lipinski definition) is 5. The number of imidazole rings is 1. The minimum Gasteiger partial charge on any atom is -0.367 e. The van der Waals surface area contributed by atoms with Gasteiger partial charge < -0.3 is 10.3 Å². The third kappa shape index (κ3) is 4.24. The first-order valence-corrected chi connectivity index (χ1v) is 10.2. The van der Waals surface area contributed by atoms with Crippen LogP contribution >= 0.6 is 0 Å². The zero-order chi connectivity index (χ0) is 21.1. The maximum absolute atomic E-state index is 12.8. The van der Waals surface area contributed by atoms with Crippen molar-refractivity contribution < 1.29 is 8.78 Å². The number of aromatic nitrogens is 6. The number of pyridine rings is 1. The summed E-state index contributed by atoms with van der Waals surface area (Å²) in [6, 6.07) is 3.66. The Morgan fingerprint density at radius 1 is 1.03 bits per heavy atom. The number of alkyl halides is 2. The standard InChI is InChI=1S/C15H13F2N7.C6H12/c1-8-21-14-11(23(8)7-13(16)17)4-9(5-19-14)10-2-3-24-12(10)6-20-15(18)22-24;1-2-4-6-5-3-1/h2-6,13H,7H2,1H3,(H2,18,22);1-6H2. The van der Waals surface area contributed by atoms with Gasteiger partial charge in [-0.1, -0.05) is 38.5 Å². The molecule has 0 aromatic carbocycles. The van der Waals surface area contributed by atoms with Gasteiger partial charge in [-0.15, -0.1) is 5.10 Å². The van der Waals surface area contributed by atoms with Crippen molar-refractivity contribution in [2.24, 2.45) is 0 Å². The average Bonchev–Trinajstić information content (AvgIpc) is 3.29. The summed E-state index contributed by atoms with van der Waals surface area (Å²) in [6.45, 7) is 1.28. The summed E-state index contributed by atoms with van der Waals surface area (Å²) in [7, 11) is 0. The number of anilines is 1. The molecule has 1 fully saturated rings. The second-order valence-corrected chi connectivity index (χ2v) is 7.52. The van der Waals surface area contributed by atoms with Crippen LogP contribution in [0.4, 0.5) is 14.7 Å². The van der Waals surface area contributed by atoms with Gasteiger partial charge >= 0.3 is 0 Å². The van der Waals surface area contributed by atoms with Crippen LogP contribution in [0.3, 0.4) is 0 Å². The Balaban J connectivity index is 0.000000313. The second kappa shape index (κ2) is 8.73. The van der Waals surface area contributed by atoms with Gasteiger partial charge in [-0.3, -0.25) is 0 Å². The van der Waals surface area contributed by atoms with Crippen LogP contribution in [0, 0.1) is 6.92 Å². The Labute approximate surface area is 173 Å². The maximum Gasteiger partial charge on any atom is 0.256 e. The summed E-state index contributed by atoms with van der Waals surface area (Å²) in [4.78, 5) is 12.5. The number of nitrogens with two attached hydrogens (primary N) is 1. The van der Waals surface area contributed by atoms with Gasteiger partial charge in [0.25, 0.3) is 6.43 Å². The van der Waals surface area contributed by atoms with Gasteiger partial charge in [-0.05, 0) is 19.1 Å². The Kier molecular flexibility index (Phi) is 5.87. The zero-order valence-corrected chi connectivity index (χ0v) is 16.9. The first kappa shape index (κ1) is 20.2. The first-order chi connectivity index (χ1) is 14.5. The van der Waals surface area contributed by atoms with E-state index in [2.05, 4.69) is 20.1 Å². The molecule has 0 amide bonds. The van der Waals surface area contributed by atoms with E-state index in [1.807, 2.05) is 6.07 Å². The van der Waals surface area contributed by atoms with E-state index in [4.69, 9.17) is 5.73 Å². The summed E-state index contributed by atoms with van der Waals surface area (Å²) in [6.07, 6.45) is 11.6. The number of nitrogen functional groups attached to an aromatic ring is 1. The molecule has 0 atom stereocenters. The van der Waals surface area contributed by atoms with Crippen molar-refractivity contribution >= 4 is 22.6 Å². The van der Waals surface area contributed by atoms with Crippen LogP contribution in [0.2, 0.25) is 0 Å². The molecule has 4 aromatic rings. The van der Waals surface area contributed by atoms with Crippen molar-refractivity contribution in [3.63, 3.8) is 0 Å². The predicted octanol–water partition coefficient (Wildman–Crippen LogP) is 4.64. The number of fused-ring (bicyclic) bond motifs is 2. The van der Waals surface area contributed by atoms with Gasteiger partial charge in [0.05, 0.1) is 23.8 Å². The topological polar surface area (TPSA) is 86.9 Å². The van der Waals surface area contributed by atoms with E-state index < -0.39 is 13.0 Å². The fourth-order valence-electron chi connectivity index (χ4n) is 3.85. The summed E-state index contributed by atoms with van der Waals surface area (Å²) in [5.41, 5.74) is 8.96. The molecule has 2 N–H and O–H groups in total. The van der Waals surface area contributed by atoms with Crippen molar-refractivity contribution in [3.05, 3.63) is 36.5 Å². The number of hydrogen-bond donors (Lipinski definition) is 1. The Hall–Kier alpha value is -3.10. The quantitative estimate of drug-likeness (QED) is 0.529. The van der Waals surface area contributed by atoms with Gasteiger partial charge in [0.1, 0.15) is 5.82 Å². The molecule has 0 radical (unpaired) electrons. The van der Waals surface area contributed by atoms with E-state index in [0.717, 1.165) is 16.6 Å². The van der Waals surface area contributed by atoms with Crippen LogP contribution in [0.5, 0.6) is 0 Å². The normalized spacial score (nSPS) is 14.3.